The lowest BCUT2D eigenvalue weighted by Crippen LogP contribution is -2.20. The van der Waals surface area contributed by atoms with Crippen molar-refractivity contribution in [1.82, 2.24) is 4.90 Å². The van der Waals surface area contributed by atoms with Crippen LogP contribution in [0.25, 0.3) is 0 Å². The molecule has 1 rings (SSSR count). The van der Waals surface area contributed by atoms with Crippen LogP contribution < -0.4 is 0 Å². The number of nitrogens with zero attached hydrogens (tertiary/aromatic N) is 1. The van der Waals surface area contributed by atoms with E-state index >= 15 is 0 Å². The van der Waals surface area contributed by atoms with Crippen LogP contribution in [0.3, 0.4) is 0 Å². The molecular weight excluding hydrogens is 222 g/mol. The zero-order chi connectivity index (χ0) is 11.1. The summed E-state index contributed by atoms with van der Waals surface area (Å²) in [6.45, 7) is 4.58. The van der Waals surface area contributed by atoms with Crippen LogP contribution in [-0.4, -0.2) is 24.2 Å². The van der Waals surface area contributed by atoms with Crippen LogP contribution in [0.15, 0.2) is 16.8 Å². The van der Waals surface area contributed by atoms with Gasteiger partial charge in [0.1, 0.15) is 0 Å². The molecule has 1 atom stereocenters. The smallest absolute Gasteiger partial charge is 0.0238 e. The third kappa shape index (κ3) is 5.59. The maximum atomic E-state index is 4.26. The van der Waals surface area contributed by atoms with Crippen molar-refractivity contribution in [2.45, 2.75) is 26.3 Å². The zero-order valence-corrected chi connectivity index (χ0v) is 11.4. The monoisotopic (exact) mass is 243 g/mol. The summed E-state index contributed by atoms with van der Waals surface area (Å²) in [6, 6.07) is 2.21. The molecule has 3 heteroatoms. The SMILES string of the molecule is CC(CCS)CCN(C)Cc1ccsc1. The number of hydrogen-bond acceptors (Lipinski definition) is 3. The first-order chi connectivity index (χ1) is 7.22. The van der Waals surface area contributed by atoms with Gasteiger partial charge in [0, 0.05) is 6.54 Å². The van der Waals surface area contributed by atoms with E-state index in [1.165, 1.54) is 24.9 Å². The summed E-state index contributed by atoms with van der Waals surface area (Å²) in [5.41, 5.74) is 1.43. The van der Waals surface area contributed by atoms with Gasteiger partial charge in [-0.3, -0.25) is 0 Å². The van der Waals surface area contributed by atoms with Gasteiger partial charge in [-0.2, -0.15) is 24.0 Å². The highest BCUT2D eigenvalue weighted by Gasteiger charge is 2.04. The molecule has 0 amide bonds. The lowest BCUT2D eigenvalue weighted by molar-refractivity contribution is 0.297. The number of thiol groups is 1. The highest BCUT2D eigenvalue weighted by atomic mass is 32.1. The van der Waals surface area contributed by atoms with E-state index in [9.17, 15) is 0 Å². The molecule has 0 aliphatic rings. The molecule has 0 bridgehead atoms. The van der Waals surface area contributed by atoms with Gasteiger partial charge in [-0.25, -0.2) is 0 Å². The Labute approximate surface area is 103 Å². The van der Waals surface area contributed by atoms with Crippen LogP contribution >= 0.6 is 24.0 Å². The quantitative estimate of drug-likeness (QED) is 0.717. The van der Waals surface area contributed by atoms with Crippen molar-refractivity contribution in [3.05, 3.63) is 22.4 Å². The van der Waals surface area contributed by atoms with Gasteiger partial charge < -0.3 is 4.90 Å². The minimum Gasteiger partial charge on any atom is -0.302 e. The topological polar surface area (TPSA) is 3.24 Å². The van der Waals surface area contributed by atoms with Crippen molar-refractivity contribution in [3.8, 4) is 0 Å². The lowest BCUT2D eigenvalue weighted by Gasteiger charge is -2.18. The fourth-order valence-corrected chi connectivity index (χ4v) is 2.68. The average molecular weight is 243 g/mol. The van der Waals surface area contributed by atoms with Crippen molar-refractivity contribution in [3.63, 3.8) is 0 Å². The van der Waals surface area contributed by atoms with E-state index < -0.39 is 0 Å². The van der Waals surface area contributed by atoms with Crippen molar-refractivity contribution >= 4 is 24.0 Å². The predicted octanol–water partition coefficient (Wildman–Crippen LogP) is 3.53. The molecule has 1 nitrogen and oxygen atoms in total. The second kappa shape index (κ2) is 7.31. The summed E-state index contributed by atoms with van der Waals surface area (Å²) >= 11 is 6.04. The van der Waals surface area contributed by atoms with E-state index in [-0.39, 0.29) is 0 Å². The van der Waals surface area contributed by atoms with Gasteiger partial charge in [-0.15, -0.1) is 0 Å². The Bertz CT molecular complexity index is 246. The highest BCUT2D eigenvalue weighted by Crippen LogP contribution is 2.12. The maximum Gasteiger partial charge on any atom is 0.0238 e. The third-order valence-electron chi connectivity index (χ3n) is 2.66. The molecule has 0 saturated heterocycles. The highest BCUT2D eigenvalue weighted by molar-refractivity contribution is 7.80. The molecule has 0 N–H and O–H groups in total. The molecular formula is C12H21NS2. The molecule has 0 spiro atoms. The molecule has 1 aromatic rings. The van der Waals surface area contributed by atoms with Gasteiger partial charge in [0.15, 0.2) is 0 Å². The number of rotatable bonds is 7. The van der Waals surface area contributed by atoms with Gasteiger partial charge in [0.2, 0.25) is 0 Å². The molecule has 15 heavy (non-hydrogen) atoms. The summed E-state index contributed by atoms with van der Waals surface area (Å²) < 4.78 is 0. The van der Waals surface area contributed by atoms with Gasteiger partial charge in [-0.1, -0.05) is 6.92 Å². The van der Waals surface area contributed by atoms with E-state index in [1.807, 2.05) is 0 Å². The minimum atomic E-state index is 0.799. The molecule has 0 fully saturated rings. The van der Waals surface area contributed by atoms with E-state index in [0.29, 0.717) is 0 Å². The fourth-order valence-electron chi connectivity index (χ4n) is 1.58. The second-order valence-corrected chi connectivity index (χ2v) is 5.50. The van der Waals surface area contributed by atoms with Crippen molar-refractivity contribution in [2.75, 3.05) is 19.3 Å². The van der Waals surface area contributed by atoms with E-state index in [1.54, 1.807) is 11.3 Å². The molecule has 1 aromatic heterocycles. The molecule has 1 unspecified atom stereocenters. The van der Waals surface area contributed by atoms with Crippen LogP contribution in [0.5, 0.6) is 0 Å². The first kappa shape index (κ1) is 13.1. The molecule has 0 radical (unpaired) electrons. The Kier molecular flexibility index (Phi) is 6.37. The van der Waals surface area contributed by atoms with Crippen LogP contribution in [0.1, 0.15) is 25.3 Å². The Hall–Kier alpha value is 0.01000. The Morgan fingerprint density at radius 2 is 2.27 bits per heavy atom. The van der Waals surface area contributed by atoms with Crippen LogP contribution in [0, 0.1) is 5.92 Å². The van der Waals surface area contributed by atoms with Gasteiger partial charge in [0.25, 0.3) is 0 Å². The average Bonchev–Trinajstić information content (AvgIpc) is 2.68. The second-order valence-electron chi connectivity index (χ2n) is 4.28. The van der Waals surface area contributed by atoms with Crippen molar-refractivity contribution in [2.24, 2.45) is 5.92 Å². The van der Waals surface area contributed by atoms with E-state index in [4.69, 9.17) is 0 Å². The summed E-state index contributed by atoms with van der Waals surface area (Å²) in [5.74, 6) is 1.81. The Balaban J connectivity index is 2.16. The van der Waals surface area contributed by atoms with Gasteiger partial charge in [-0.05, 0) is 60.5 Å². The predicted molar refractivity (Wildman–Crippen MR) is 72.9 cm³/mol. The standard InChI is InChI=1S/C12H21NS2/c1-11(4-7-14)3-6-13(2)9-12-5-8-15-10-12/h5,8,10-11,14H,3-4,6-7,9H2,1-2H3. The normalized spacial score (nSPS) is 13.3. The number of thiophene rings is 1. The van der Waals surface area contributed by atoms with Crippen LogP contribution in [0.2, 0.25) is 0 Å². The third-order valence-corrected chi connectivity index (χ3v) is 3.65. The summed E-state index contributed by atoms with van der Waals surface area (Å²) in [7, 11) is 2.20. The molecule has 0 aliphatic carbocycles. The Morgan fingerprint density at radius 1 is 1.47 bits per heavy atom. The summed E-state index contributed by atoms with van der Waals surface area (Å²) in [5, 5.41) is 4.38. The van der Waals surface area contributed by atoms with E-state index in [2.05, 4.69) is 48.3 Å². The van der Waals surface area contributed by atoms with Crippen LogP contribution in [0.4, 0.5) is 0 Å². The van der Waals surface area contributed by atoms with Crippen LogP contribution in [-0.2, 0) is 6.54 Å². The van der Waals surface area contributed by atoms with Gasteiger partial charge in [0.05, 0.1) is 0 Å². The van der Waals surface area contributed by atoms with Crippen molar-refractivity contribution < 1.29 is 0 Å². The minimum absolute atomic E-state index is 0.799. The van der Waals surface area contributed by atoms with E-state index in [0.717, 1.165) is 18.2 Å². The fraction of sp³-hybridized carbons (Fsp3) is 0.667. The number of hydrogen-bond donors (Lipinski definition) is 1. The summed E-state index contributed by atoms with van der Waals surface area (Å²) in [6.07, 6.45) is 2.51. The molecule has 0 saturated carbocycles. The van der Waals surface area contributed by atoms with Crippen molar-refractivity contribution in [1.29, 1.82) is 0 Å². The molecule has 0 aliphatic heterocycles. The zero-order valence-electron chi connectivity index (χ0n) is 9.65. The first-order valence-corrected chi connectivity index (χ1v) is 7.10. The Morgan fingerprint density at radius 3 is 2.87 bits per heavy atom. The molecule has 1 heterocycles. The lowest BCUT2D eigenvalue weighted by atomic mass is 10.1. The van der Waals surface area contributed by atoms with Gasteiger partial charge >= 0.3 is 0 Å². The first-order valence-electron chi connectivity index (χ1n) is 5.53. The summed E-state index contributed by atoms with van der Waals surface area (Å²) in [4.78, 5) is 2.40. The molecule has 86 valence electrons. The largest absolute Gasteiger partial charge is 0.302 e. The molecule has 0 aromatic carbocycles. The maximum absolute atomic E-state index is 4.26.